The van der Waals surface area contributed by atoms with Gasteiger partial charge in [0.2, 0.25) is 0 Å². The highest BCUT2D eigenvalue weighted by Crippen LogP contribution is 2.03. The Labute approximate surface area is 164 Å². The summed E-state index contributed by atoms with van der Waals surface area (Å²) in [7, 11) is 0. The molecule has 0 radical (unpaired) electrons. The van der Waals surface area contributed by atoms with Crippen molar-refractivity contribution in [3.63, 3.8) is 0 Å². The summed E-state index contributed by atoms with van der Waals surface area (Å²) in [6.07, 6.45) is 1.31. The zero-order chi connectivity index (χ0) is 19.9. The molecule has 146 valence electrons. The number of ether oxygens (including phenoxy) is 2. The molecule has 2 aromatic rings. The van der Waals surface area contributed by atoms with Gasteiger partial charge < -0.3 is 20.9 Å². The molecule has 0 bridgehead atoms. The molecule has 0 spiro atoms. The Balaban J connectivity index is 0.000000289. The Morgan fingerprint density at radius 2 is 1.37 bits per heavy atom. The van der Waals surface area contributed by atoms with Crippen LogP contribution in [-0.2, 0) is 27.5 Å². The molecule has 0 aliphatic rings. The molecule has 0 fully saturated rings. The van der Waals surface area contributed by atoms with Gasteiger partial charge in [-0.1, -0.05) is 60.7 Å². The minimum absolute atomic E-state index is 0.239. The molecule has 2 aromatic carbocycles. The van der Waals surface area contributed by atoms with E-state index in [-0.39, 0.29) is 19.2 Å². The Bertz CT molecular complexity index is 668. The second-order valence-corrected chi connectivity index (χ2v) is 5.95. The number of carbonyl (C=O) groups excluding carboxylic acids is 2. The van der Waals surface area contributed by atoms with E-state index >= 15 is 0 Å². The zero-order valence-electron chi connectivity index (χ0n) is 15.1. The van der Waals surface area contributed by atoms with Gasteiger partial charge in [0.1, 0.15) is 19.3 Å². The first-order valence-corrected chi connectivity index (χ1v) is 8.93. The molecular formula is C20H25ClN2O4. The number of halogens is 1. The van der Waals surface area contributed by atoms with Gasteiger partial charge in [0.05, 0.1) is 0 Å². The maximum absolute atomic E-state index is 11.4. The van der Waals surface area contributed by atoms with E-state index < -0.39 is 11.5 Å². The third-order valence-corrected chi connectivity index (χ3v) is 3.55. The van der Waals surface area contributed by atoms with Gasteiger partial charge in [-0.3, -0.25) is 4.79 Å². The van der Waals surface area contributed by atoms with Gasteiger partial charge in [-0.05, 0) is 30.5 Å². The molecule has 0 aromatic heterocycles. The summed E-state index contributed by atoms with van der Waals surface area (Å²) in [5.74, 6) is -0.364. The van der Waals surface area contributed by atoms with Crippen molar-refractivity contribution in [1.82, 2.24) is 0 Å². The fourth-order valence-corrected chi connectivity index (χ4v) is 2.06. The van der Waals surface area contributed by atoms with E-state index in [4.69, 9.17) is 27.8 Å². The van der Waals surface area contributed by atoms with Crippen LogP contribution in [0.4, 0.5) is 4.79 Å². The smallest absolute Gasteiger partial charge is 0.404 e. The predicted molar refractivity (Wildman–Crippen MR) is 105 cm³/mol. The van der Waals surface area contributed by atoms with Gasteiger partial charge >= 0.3 is 11.4 Å². The summed E-state index contributed by atoms with van der Waals surface area (Å²) >= 11 is 4.97. The fraction of sp³-hybridized carbons (Fsp3) is 0.300. The van der Waals surface area contributed by atoms with E-state index in [0.29, 0.717) is 13.0 Å². The molecule has 0 aliphatic carbocycles. The number of hydrogen-bond donors (Lipinski definition) is 2. The van der Waals surface area contributed by atoms with Gasteiger partial charge in [-0.25, -0.2) is 4.79 Å². The van der Waals surface area contributed by atoms with Crippen molar-refractivity contribution >= 4 is 23.0 Å². The summed E-state index contributed by atoms with van der Waals surface area (Å²) in [6.45, 7) is 1.05. The molecule has 2 rings (SSSR count). The maximum Gasteiger partial charge on any atom is 0.404 e. The van der Waals surface area contributed by atoms with Gasteiger partial charge in [0, 0.05) is 11.6 Å². The van der Waals surface area contributed by atoms with Crippen LogP contribution in [0.2, 0.25) is 0 Å². The lowest BCUT2D eigenvalue weighted by Gasteiger charge is -2.10. The summed E-state index contributed by atoms with van der Waals surface area (Å²) in [4.78, 5) is 21.6. The first-order valence-electron chi connectivity index (χ1n) is 8.55. The van der Waals surface area contributed by atoms with Crippen molar-refractivity contribution in [3.05, 3.63) is 71.8 Å². The molecule has 7 heteroatoms. The Morgan fingerprint density at radius 1 is 0.889 bits per heavy atom. The van der Waals surface area contributed by atoms with Crippen LogP contribution in [0.25, 0.3) is 0 Å². The molecule has 0 amide bonds. The molecule has 0 unspecified atom stereocenters. The molecule has 6 nitrogen and oxygen atoms in total. The van der Waals surface area contributed by atoms with Crippen LogP contribution in [0.1, 0.15) is 24.0 Å². The highest BCUT2D eigenvalue weighted by molar-refractivity contribution is 6.61. The van der Waals surface area contributed by atoms with Crippen LogP contribution in [-0.4, -0.2) is 24.0 Å². The third-order valence-electron chi connectivity index (χ3n) is 3.44. The van der Waals surface area contributed by atoms with Crippen molar-refractivity contribution in [2.45, 2.75) is 32.1 Å². The quantitative estimate of drug-likeness (QED) is 0.527. The van der Waals surface area contributed by atoms with Crippen LogP contribution in [0.3, 0.4) is 0 Å². The lowest BCUT2D eigenvalue weighted by atomic mass is 10.2. The average molecular weight is 393 g/mol. The van der Waals surface area contributed by atoms with Crippen LogP contribution in [0.15, 0.2) is 60.7 Å². The topological polar surface area (TPSA) is 105 Å². The average Bonchev–Trinajstić information content (AvgIpc) is 2.70. The van der Waals surface area contributed by atoms with E-state index in [1.807, 2.05) is 60.7 Å². The lowest BCUT2D eigenvalue weighted by Crippen LogP contribution is -2.32. The molecule has 27 heavy (non-hydrogen) atoms. The van der Waals surface area contributed by atoms with E-state index in [2.05, 4.69) is 4.74 Å². The first-order chi connectivity index (χ1) is 13.0. The Morgan fingerprint density at radius 3 is 1.81 bits per heavy atom. The minimum Gasteiger partial charge on any atom is -0.460 e. The largest absolute Gasteiger partial charge is 0.460 e. The second-order valence-electron chi connectivity index (χ2n) is 5.64. The SMILES string of the molecule is NCCC[C@H](N)C(=O)OCc1ccccc1.O=C(Cl)OCc1ccccc1. The standard InChI is InChI=1S/C12H18N2O2.C8H7ClO2/c13-8-4-7-11(14)12(15)16-9-10-5-2-1-3-6-10;9-8(10)11-6-7-4-2-1-3-5-7/h1-3,5-6,11H,4,7-9,13-14H2;1-5H,6H2/t11-;/m0./s1. The predicted octanol–water partition coefficient (Wildman–Crippen LogP) is 3.36. The van der Waals surface area contributed by atoms with Crippen LogP contribution in [0.5, 0.6) is 0 Å². The molecule has 0 heterocycles. The van der Waals surface area contributed by atoms with Crippen molar-refractivity contribution in [2.24, 2.45) is 11.5 Å². The number of carbonyl (C=O) groups is 2. The van der Waals surface area contributed by atoms with Crippen LogP contribution < -0.4 is 11.5 Å². The van der Waals surface area contributed by atoms with E-state index in [1.165, 1.54) is 0 Å². The first kappa shape index (κ1) is 22.6. The summed E-state index contributed by atoms with van der Waals surface area (Å²) in [5.41, 5.74) is 12.1. The Hall–Kier alpha value is -2.41. The highest BCUT2D eigenvalue weighted by atomic mass is 35.5. The third kappa shape index (κ3) is 11.0. The number of esters is 1. The number of hydrogen-bond acceptors (Lipinski definition) is 6. The second kappa shape index (κ2) is 13.7. The van der Waals surface area contributed by atoms with Crippen molar-refractivity contribution in [1.29, 1.82) is 0 Å². The number of benzene rings is 2. The summed E-state index contributed by atoms with van der Waals surface area (Å²) < 4.78 is 9.64. The normalized spacial score (nSPS) is 10.9. The van der Waals surface area contributed by atoms with E-state index in [9.17, 15) is 9.59 Å². The lowest BCUT2D eigenvalue weighted by molar-refractivity contribution is -0.146. The molecular weight excluding hydrogens is 368 g/mol. The van der Waals surface area contributed by atoms with E-state index in [0.717, 1.165) is 17.5 Å². The van der Waals surface area contributed by atoms with Gasteiger partial charge in [-0.15, -0.1) is 0 Å². The molecule has 0 saturated carbocycles. The van der Waals surface area contributed by atoms with E-state index in [1.54, 1.807) is 0 Å². The molecule has 4 N–H and O–H groups in total. The zero-order valence-corrected chi connectivity index (χ0v) is 15.8. The molecule has 1 atom stereocenters. The maximum atomic E-state index is 11.4. The van der Waals surface area contributed by atoms with Gasteiger partial charge in [-0.2, -0.15) is 0 Å². The minimum atomic E-state index is -0.770. The number of rotatable bonds is 8. The highest BCUT2D eigenvalue weighted by Gasteiger charge is 2.13. The Kier molecular flexibility index (Phi) is 11.5. The molecule has 0 saturated heterocycles. The number of nitrogens with two attached hydrogens (primary N) is 2. The van der Waals surface area contributed by atoms with Crippen molar-refractivity contribution in [3.8, 4) is 0 Å². The fourth-order valence-electron chi connectivity index (χ4n) is 2.01. The van der Waals surface area contributed by atoms with Crippen LogP contribution in [0, 0.1) is 0 Å². The monoisotopic (exact) mass is 392 g/mol. The molecule has 0 aliphatic heterocycles. The summed E-state index contributed by atoms with van der Waals surface area (Å²) in [5, 5.41) is 0. The summed E-state index contributed by atoms with van der Waals surface area (Å²) in [6, 6.07) is 18.3. The van der Waals surface area contributed by atoms with Gasteiger partial charge in [0.15, 0.2) is 0 Å². The van der Waals surface area contributed by atoms with Gasteiger partial charge in [0.25, 0.3) is 0 Å². The van der Waals surface area contributed by atoms with Crippen LogP contribution >= 0.6 is 11.6 Å². The van der Waals surface area contributed by atoms with Crippen molar-refractivity contribution in [2.75, 3.05) is 6.54 Å². The van der Waals surface area contributed by atoms with Crippen molar-refractivity contribution < 1.29 is 19.1 Å².